The van der Waals surface area contributed by atoms with Crippen LogP contribution in [0.1, 0.15) is 18.3 Å². The number of hydrogen-bond acceptors (Lipinski definition) is 3. The Morgan fingerprint density at radius 3 is 2.83 bits per heavy atom. The lowest BCUT2D eigenvalue weighted by molar-refractivity contribution is -0.141. The molecule has 1 fully saturated rings. The summed E-state index contributed by atoms with van der Waals surface area (Å²) in [5.41, 5.74) is 1.82. The molecule has 0 aliphatic carbocycles. The van der Waals surface area contributed by atoms with Gasteiger partial charge in [0.2, 0.25) is 11.8 Å². The van der Waals surface area contributed by atoms with Gasteiger partial charge in [-0.15, -0.1) is 0 Å². The van der Waals surface area contributed by atoms with Gasteiger partial charge in [0.05, 0.1) is 35.5 Å². The molecular weight excluding hydrogens is 300 g/mol. The van der Waals surface area contributed by atoms with Crippen molar-refractivity contribution >= 4 is 27.7 Å². The largest absolute Gasteiger partial charge is 0.345 e. The summed E-state index contributed by atoms with van der Waals surface area (Å²) in [6, 6.07) is 0. The minimum atomic E-state index is -0.120. The van der Waals surface area contributed by atoms with Gasteiger partial charge in [0.15, 0.2) is 0 Å². The summed E-state index contributed by atoms with van der Waals surface area (Å²) in [4.78, 5) is 24.6. The number of carbonyl (C=O) groups excluding carboxylic acids is 2. The summed E-state index contributed by atoms with van der Waals surface area (Å²) in [7, 11) is 0. The highest BCUT2D eigenvalue weighted by Crippen LogP contribution is 2.22. The number of nitrogens with zero attached hydrogens (tertiary/aromatic N) is 3. The predicted molar refractivity (Wildman–Crippen MR) is 68.8 cm³/mol. The van der Waals surface area contributed by atoms with Crippen molar-refractivity contribution < 1.29 is 9.59 Å². The number of nitrogens with one attached hydrogen (secondary N) is 1. The summed E-state index contributed by atoms with van der Waals surface area (Å²) in [6.07, 6.45) is 0. The Balaban J connectivity index is 2.22. The van der Waals surface area contributed by atoms with Crippen LogP contribution in [-0.2, 0) is 22.7 Å². The zero-order chi connectivity index (χ0) is 13.3. The first-order valence-corrected chi connectivity index (χ1v) is 6.58. The maximum atomic E-state index is 11.7. The first-order valence-electron chi connectivity index (χ1n) is 5.79. The van der Waals surface area contributed by atoms with Crippen LogP contribution in [0.5, 0.6) is 0 Å². The minimum Gasteiger partial charge on any atom is -0.345 e. The molecule has 18 heavy (non-hydrogen) atoms. The Labute approximate surface area is 113 Å². The van der Waals surface area contributed by atoms with Gasteiger partial charge in [0.1, 0.15) is 0 Å². The Kier molecular flexibility index (Phi) is 3.70. The van der Waals surface area contributed by atoms with Crippen LogP contribution in [0, 0.1) is 6.92 Å². The monoisotopic (exact) mass is 314 g/mol. The number of carbonyl (C=O) groups is 2. The summed E-state index contributed by atoms with van der Waals surface area (Å²) < 4.78 is 2.75. The highest BCUT2D eigenvalue weighted by atomic mass is 79.9. The van der Waals surface area contributed by atoms with Crippen LogP contribution in [0.15, 0.2) is 4.47 Å². The number of piperazine rings is 1. The van der Waals surface area contributed by atoms with E-state index in [1.165, 1.54) is 0 Å². The number of amides is 2. The lowest BCUT2D eigenvalue weighted by atomic mass is 10.3. The molecular formula is C11H15BrN4O2. The Hall–Kier alpha value is -1.37. The van der Waals surface area contributed by atoms with Crippen molar-refractivity contribution in [3.63, 3.8) is 0 Å². The van der Waals surface area contributed by atoms with E-state index in [0.717, 1.165) is 22.4 Å². The SMILES string of the molecule is CCn1nc(C)c(Br)c1CN1CC(=O)NCC1=O. The molecule has 1 N–H and O–H groups in total. The van der Waals surface area contributed by atoms with Gasteiger partial charge in [0.25, 0.3) is 0 Å². The summed E-state index contributed by atoms with van der Waals surface area (Å²) in [5.74, 6) is -0.187. The van der Waals surface area contributed by atoms with Gasteiger partial charge in [-0.3, -0.25) is 14.3 Å². The number of rotatable bonds is 3. The second-order valence-corrected chi connectivity index (χ2v) is 4.98. The molecule has 0 radical (unpaired) electrons. The number of halogens is 1. The Morgan fingerprint density at radius 1 is 1.44 bits per heavy atom. The third kappa shape index (κ3) is 2.40. The van der Waals surface area contributed by atoms with Crippen LogP contribution in [0.4, 0.5) is 0 Å². The molecule has 0 aromatic carbocycles. The van der Waals surface area contributed by atoms with Crippen LogP contribution in [-0.4, -0.2) is 39.6 Å². The first-order chi connectivity index (χ1) is 8.52. The van der Waals surface area contributed by atoms with Gasteiger partial charge in [-0.05, 0) is 29.8 Å². The molecule has 7 heteroatoms. The zero-order valence-corrected chi connectivity index (χ0v) is 12.0. The number of hydrogen-bond donors (Lipinski definition) is 1. The molecule has 0 spiro atoms. The van der Waals surface area contributed by atoms with Crippen LogP contribution in [0.3, 0.4) is 0 Å². The quantitative estimate of drug-likeness (QED) is 0.880. The number of aromatic nitrogens is 2. The van der Waals surface area contributed by atoms with Gasteiger partial charge in [-0.25, -0.2) is 0 Å². The molecule has 6 nitrogen and oxygen atoms in total. The van der Waals surface area contributed by atoms with E-state index in [-0.39, 0.29) is 24.9 Å². The highest BCUT2D eigenvalue weighted by Gasteiger charge is 2.25. The smallest absolute Gasteiger partial charge is 0.242 e. The Bertz CT molecular complexity index is 497. The van der Waals surface area contributed by atoms with Crippen molar-refractivity contribution in [3.8, 4) is 0 Å². The average Bonchev–Trinajstić information content (AvgIpc) is 2.61. The maximum Gasteiger partial charge on any atom is 0.242 e. The lowest BCUT2D eigenvalue weighted by Crippen LogP contribution is -2.51. The highest BCUT2D eigenvalue weighted by molar-refractivity contribution is 9.10. The standard InChI is InChI=1S/C11H15BrN4O2/c1-3-16-8(11(12)7(2)14-16)5-15-6-9(17)13-4-10(15)18/h3-6H2,1-2H3,(H,13,17). The van der Waals surface area contributed by atoms with Gasteiger partial charge in [-0.2, -0.15) is 5.10 Å². The fraction of sp³-hybridized carbons (Fsp3) is 0.545. The van der Waals surface area contributed by atoms with Gasteiger partial charge in [0, 0.05) is 6.54 Å². The average molecular weight is 315 g/mol. The molecule has 1 saturated heterocycles. The van der Waals surface area contributed by atoms with Crippen molar-refractivity contribution in [1.82, 2.24) is 20.0 Å². The molecule has 0 atom stereocenters. The molecule has 1 aliphatic rings. The van der Waals surface area contributed by atoms with E-state index in [1.54, 1.807) is 4.90 Å². The summed E-state index contributed by atoms with van der Waals surface area (Å²) >= 11 is 3.48. The molecule has 1 aromatic heterocycles. The molecule has 0 unspecified atom stereocenters. The van der Waals surface area contributed by atoms with Crippen LogP contribution >= 0.6 is 15.9 Å². The molecule has 1 aromatic rings. The van der Waals surface area contributed by atoms with Gasteiger partial charge >= 0.3 is 0 Å². The van der Waals surface area contributed by atoms with Crippen molar-refractivity contribution in [2.45, 2.75) is 26.9 Å². The van der Waals surface area contributed by atoms with Crippen molar-refractivity contribution in [1.29, 1.82) is 0 Å². The normalized spacial score (nSPS) is 16.1. The van der Waals surface area contributed by atoms with E-state index in [2.05, 4.69) is 26.3 Å². The zero-order valence-electron chi connectivity index (χ0n) is 10.4. The van der Waals surface area contributed by atoms with E-state index >= 15 is 0 Å². The van der Waals surface area contributed by atoms with Crippen molar-refractivity contribution in [3.05, 3.63) is 15.9 Å². The van der Waals surface area contributed by atoms with E-state index in [1.807, 2.05) is 18.5 Å². The third-order valence-corrected chi connectivity index (χ3v) is 3.95. The first kappa shape index (κ1) is 13.1. The van der Waals surface area contributed by atoms with Crippen LogP contribution < -0.4 is 5.32 Å². The molecule has 0 bridgehead atoms. The molecule has 1 aliphatic heterocycles. The minimum absolute atomic E-state index is 0.0667. The van der Waals surface area contributed by atoms with Crippen LogP contribution in [0.2, 0.25) is 0 Å². The fourth-order valence-corrected chi connectivity index (χ4v) is 2.36. The van der Waals surface area contributed by atoms with E-state index < -0.39 is 0 Å². The second-order valence-electron chi connectivity index (χ2n) is 4.19. The molecule has 98 valence electrons. The molecule has 2 heterocycles. The van der Waals surface area contributed by atoms with Gasteiger partial charge in [-0.1, -0.05) is 0 Å². The van der Waals surface area contributed by atoms with Gasteiger partial charge < -0.3 is 10.2 Å². The van der Waals surface area contributed by atoms with Crippen molar-refractivity contribution in [2.24, 2.45) is 0 Å². The Morgan fingerprint density at radius 2 is 2.17 bits per heavy atom. The molecule has 2 rings (SSSR count). The van der Waals surface area contributed by atoms with E-state index in [9.17, 15) is 9.59 Å². The maximum absolute atomic E-state index is 11.7. The fourth-order valence-electron chi connectivity index (χ4n) is 1.95. The van der Waals surface area contributed by atoms with E-state index in [0.29, 0.717) is 6.54 Å². The second kappa shape index (κ2) is 5.09. The topological polar surface area (TPSA) is 67.2 Å². The summed E-state index contributed by atoms with van der Waals surface area (Å²) in [5, 5.41) is 6.90. The third-order valence-electron chi connectivity index (χ3n) is 2.92. The predicted octanol–water partition coefficient (Wildman–Crippen LogP) is 0.432. The van der Waals surface area contributed by atoms with E-state index in [4.69, 9.17) is 0 Å². The van der Waals surface area contributed by atoms with Crippen LogP contribution in [0.25, 0.3) is 0 Å². The molecule has 2 amide bonds. The van der Waals surface area contributed by atoms with Crippen molar-refractivity contribution in [2.75, 3.05) is 13.1 Å². The lowest BCUT2D eigenvalue weighted by Gasteiger charge is -2.26. The molecule has 0 saturated carbocycles. The number of aryl methyl sites for hydroxylation is 2. The summed E-state index contributed by atoms with van der Waals surface area (Å²) in [6.45, 7) is 5.23.